The van der Waals surface area contributed by atoms with Gasteiger partial charge in [-0.25, -0.2) is 9.89 Å². The van der Waals surface area contributed by atoms with E-state index in [1.807, 2.05) is 29.2 Å². The molecule has 2 N–H and O–H groups in total. The lowest BCUT2D eigenvalue weighted by atomic mass is 9.97. The molecular weight excluding hydrogens is 407 g/mol. The fourth-order valence-electron chi connectivity index (χ4n) is 3.32. The second kappa shape index (κ2) is 7.50. The Labute approximate surface area is 169 Å². The van der Waals surface area contributed by atoms with E-state index >= 15 is 0 Å². The zero-order valence-electron chi connectivity index (χ0n) is 14.2. The van der Waals surface area contributed by atoms with Crippen LogP contribution in [-0.2, 0) is 0 Å². The maximum Gasteiger partial charge on any atom is 0.340 e. The van der Waals surface area contributed by atoms with Gasteiger partial charge in [0.25, 0.3) is 5.91 Å². The standard InChI is InChI=1S/C18H16Cl2N4O2S/c19-12-6-11(7-13(20)8-12)14-3-4-15(27-14)17(25)24-5-1-2-10(9-24)16-21-18(26)23-22-16/h3-4,6-8,10H,1-2,5,9H2,(H2,21,22,23,26)/t10-/m1/s1. The van der Waals surface area contributed by atoms with Crippen molar-refractivity contribution in [1.82, 2.24) is 20.1 Å². The number of carbonyl (C=O) groups excluding carboxylic acids is 1. The first-order valence-electron chi connectivity index (χ1n) is 8.50. The van der Waals surface area contributed by atoms with Crippen molar-refractivity contribution in [3.63, 3.8) is 0 Å². The van der Waals surface area contributed by atoms with Crippen molar-refractivity contribution in [2.75, 3.05) is 13.1 Å². The number of aromatic nitrogens is 3. The lowest BCUT2D eigenvalue weighted by Crippen LogP contribution is -2.39. The fourth-order valence-corrected chi connectivity index (χ4v) is 4.81. The molecule has 1 aliphatic rings. The van der Waals surface area contributed by atoms with Gasteiger partial charge < -0.3 is 4.90 Å². The van der Waals surface area contributed by atoms with Crippen LogP contribution in [0, 0.1) is 0 Å². The number of H-pyrrole nitrogens is 2. The van der Waals surface area contributed by atoms with Gasteiger partial charge in [0.2, 0.25) is 0 Å². The molecule has 0 bridgehead atoms. The largest absolute Gasteiger partial charge is 0.340 e. The third-order valence-electron chi connectivity index (χ3n) is 4.58. The summed E-state index contributed by atoms with van der Waals surface area (Å²) in [6.45, 7) is 1.23. The second-order valence-corrected chi connectivity index (χ2v) is 8.43. The zero-order chi connectivity index (χ0) is 19.0. The van der Waals surface area contributed by atoms with E-state index in [9.17, 15) is 9.59 Å². The molecule has 1 saturated heterocycles. The number of thiophene rings is 1. The highest BCUT2D eigenvalue weighted by molar-refractivity contribution is 7.17. The Morgan fingerprint density at radius 2 is 2.00 bits per heavy atom. The highest BCUT2D eigenvalue weighted by Crippen LogP contribution is 2.33. The number of nitrogens with zero attached hydrogens (tertiary/aromatic N) is 2. The Morgan fingerprint density at radius 1 is 1.22 bits per heavy atom. The van der Waals surface area contributed by atoms with Crippen LogP contribution in [0.15, 0.2) is 35.1 Å². The van der Waals surface area contributed by atoms with Crippen LogP contribution >= 0.6 is 34.5 Å². The maximum atomic E-state index is 12.9. The Balaban J connectivity index is 1.52. The van der Waals surface area contributed by atoms with Gasteiger partial charge in [-0.3, -0.25) is 9.78 Å². The first-order chi connectivity index (χ1) is 13.0. The van der Waals surface area contributed by atoms with Gasteiger partial charge >= 0.3 is 5.69 Å². The van der Waals surface area contributed by atoms with E-state index in [0.717, 1.165) is 23.3 Å². The van der Waals surface area contributed by atoms with Crippen LogP contribution in [0.5, 0.6) is 0 Å². The molecule has 4 rings (SSSR count). The lowest BCUT2D eigenvalue weighted by Gasteiger charge is -2.31. The number of rotatable bonds is 3. The Kier molecular flexibility index (Phi) is 5.08. The molecule has 2 aromatic heterocycles. The molecule has 1 aliphatic heterocycles. The summed E-state index contributed by atoms with van der Waals surface area (Å²) < 4.78 is 0. The van der Waals surface area contributed by atoms with E-state index in [2.05, 4.69) is 15.2 Å². The topological polar surface area (TPSA) is 81.8 Å². The molecule has 1 atom stereocenters. The van der Waals surface area contributed by atoms with Gasteiger partial charge in [0.1, 0.15) is 5.82 Å². The molecular formula is C18H16Cl2N4O2S. The molecule has 3 heterocycles. The van der Waals surface area contributed by atoms with Gasteiger partial charge in [0.15, 0.2) is 0 Å². The van der Waals surface area contributed by atoms with Gasteiger partial charge in [0, 0.05) is 33.9 Å². The van der Waals surface area contributed by atoms with E-state index in [-0.39, 0.29) is 17.5 Å². The summed E-state index contributed by atoms with van der Waals surface area (Å²) in [5.41, 5.74) is 0.568. The van der Waals surface area contributed by atoms with Crippen molar-refractivity contribution in [2.45, 2.75) is 18.8 Å². The third-order valence-corrected chi connectivity index (χ3v) is 6.14. The molecule has 3 aromatic rings. The first kappa shape index (κ1) is 18.3. The normalized spacial score (nSPS) is 17.3. The molecule has 0 spiro atoms. The summed E-state index contributed by atoms with van der Waals surface area (Å²) in [5, 5.41) is 7.52. The molecule has 9 heteroatoms. The average Bonchev–Trinajstić information content (AvgIpc) is 3.30. The number of halogens is 2. The maximum absolute atomic E-state index is 12.9. The second-order valence-electron chi connectivity index (χ2n) is 6.48. The van der Waals surface area contributed by atoms with Gasteiger partial charge in [-0.1, -0.05) is 23.2 Å². The van der Waals surface area contributed by atoms with Gasteiger partial charge in [-0.15, -0.1) is 11.3 Å². The molecule has 0 aliphatic carbocycles. The van der Waals surface area contributed by atoms with Gasteiger partial charge in [-0.2, -0.15) is 5.10 Å². The van der Waals surface area contributed by atoms with E-state index < -0.39 is 0 Å². The minimum absolute atomic E-state index is 0.0121. The number of hydrogen-bond donors (Lipinski definition) is 2. The molecule has 1 aromatic carbocycles. The average molecular weight is 423 g/mol. The number of carbonyl (C=O) groups is 1. The summed E-state index contributed by atoms with van der Waals surface area (Å²) in [6.07, 6.45) is 1.76. The summed E-state index contributed by atoms with van der Waals surface area (Å²) in [7, 11) is 0. The van der Waals surface area contributed by atoms with Gasteiger partial charge in [-0.05, 0) is 48.7 Å². The summed E-state index contributed by atoms with van der Waals surface area (Å²) >= 11 is 13.6. The Morgan fingerprint density at radius 3 is 2.70 bits per heavy atom. The quantitative estimate of drug-likeness (QED) is 0.664. The van der Waals surface area contributed by atoms with Crippen LogP contribution in [0.4, 0.5) is 0 Å². The van der Waals surface area contributed by atoms with E-state index in [0.29, 0.717) is 33.8 Å². The summed E-state index contributed by atoms with van der Waals surface area (Å²) in [4.78, 5) is 30.4. The smallest absolute Gasteiger partial charge is 0.337 e. The predicted octanol–water partition coefficient (Wildman–Crippen LogP) is 4.15. The van der Waals surface area contributed by atoms with Crippen molar-refractivity contribution >= 4 is 40.4 Å². The molecule has 0 unspecified atom stereocenters. The SMILES string of the molecule is O=C(c1ccc(-c2cc(Cl)cc(Cl)c2)s1)N1CCC[C@@H](c2n[nH]c(=O)[nH]2)C1. The number of piperidine rings is 1. The first-order valence-corrected chi connectivity index (χ1v) is 10.1. The summed E-state index contributed by atoms with van der Waals surface area (Å²) in [6, 6.07) is 9.08. The highest BCUT2D eigenvalue weighted by Gasteiger charge is 2.28. The number of likely N-dealkylation sites (tertiary alicyclic amines) is 1. The van der Waals surface area contributed by atoms with Crippen LogP contribution in [-0.4, -0.2) is 39.1 Å². The van der Waals surface area contributed by atoms with Crippen molar-refractivity contribution < 1.29 is 4.79 Å². The minimum atomic E-state index is -0.323. The predicted molar refractivity (Wildman–Crippen MR) is 107 cm³/mol. The number of nitrogens with one attached hydrogen (secondary N) is 2. The van der Waals surface area contributed by atoms with Crippen LogP contribution in [0.2, 0.25) is 10.0 Å². The Hall–Kier alpha value is -2.09. The number of aromatic amines is 2. The lowest BCUT2D eigenvalue weighted by molar-refractivity contribution is 0.0709. The molecule has 1 fully saturated rings. The van der Waals surface area contributed by atoms with Gasteiger partial charge in [0.05, 0.1) is 4.88 Å². The van der Waals surface area contributed by atoms with Crippen molar-refractivity contribution in [3.05, 3.63) is 61.6 Å². The molecule has 0 saturated carbocycles. The fraction of sp³-hybridized carbons (Fsp3) is 0.278. The van der Waals surface area contributed by atoms with Crippen LogP contribution in [0.1, 0.15) is 34.3 Å². The van der Waals surface area contributed by atoms with Crippen molar-refractivity contribution in [3.8, 4) is 10.4 Å². The van der Waals surface area contributed by atoms with Crippen LogP contribution in [0.25, 0.3) is 10.4 Å². The van der Waals surface area contributed by atoms with E-state index in [1.165, 1.54) is 11.3 Å². The molecule has 140 valence electrons. The minimum Gasteiger partial charge on any atom is -0.337 e. The van der Waals surface area contributed by atoms with Crippen LogP contribution in [0.3, 0.4) is 0 Å². The van der Waals surface area contributed by atoms with Crippen LogP contribution < -0.4 is 5.69 Å². The number of amides is 1. The molecule has 27 heavy (non-hydrogen) atoms. The molecule has 6 nitrogen and oxygen atoms in total. The highest BCUT2D eigenvalue weighted by atomic mass is 35.5. The zero-order valence-corrected chi connectivity index (χ0v) is 16.5. The number of benzene rings is 1. The van der Waals surface area contributed by atoms with Crippen molar-refractivity contribution in [1.29, 1.82) is 0 Å². The van der Waals surface area contributed by atoms with E-state index in [4.69, 9.17) is 23.2 Å². The third kappa shape index (κ3) is 3.95. The van der Waals surface area contributed by atoms with E-state index in [1.54, 1.807) is 6.07 Å². The van der Waals surface area contributed by atoms with Crippen molar-refractivity contribution in [2.24, 2.45) is 0 Å². The summed E-state index contributed by atoms with van der Waals surface area (Å²) in [5.74, 6) is 0.632. The number of hydrogen-bond acceptors (Lipinski definition) is 4. The molecule has 0 radical (unpaired) electrons. The molecule has 1 amide bonds. The Bertz CT molecular complexity index is 1020. The monoisotopic (exact) mass is 422 g/mol.